The Morgan fingerprint density at radius 1 is 1.25 bits per heavy atom. The smallest absolute Gasteiger partial charge is 0.233 e. The third kappa shape index (κ3) is 5.55. The highest BCUT2D eigenvalue weighted by Gasteiger charge is 2.21. The van der Waals surface area contributed by atoms with E-state index < -0.39 is 0 Å². The molecular formula is C16H25NO2S. The van der Waals surface area contributed by atoms with Gasteiger partial charge in [0.1, 0.15) is 0 Å². The summed E-state index contributed by atoms with van der Waals surface area (Å²) in [5.41, 5.74) is 2.09. The van der Waals surface area contributed by atoms with E-state index in [0.29, 0.717) is 12.5 Å². The van der Waals surface area contributed by atoms with Crippen molar-refractivity contribution in [3.63, 3.8) is 0 Å². The average Bonchev–Trinajstić information content (AvgIpc) is 2.45. The number of rotatable bonds is 8. The minimum atomic E-state index is 0.0387. The van der Waals surface area contributed by atoms with Gasteiger partial charge in [0, 0.05) is 6.54 Å². The number of amides is 1. The molecule has 112 valence electrons. The lowest BCUT2D eigenvalue weighted by atomic mass is 10.1. The van der Waals surface area contributed by atoms with Gasteiger partial charge in [-0.15, -0.1) is 11.8 Å². The quantitative estimate of drug-likeness (QED) is 0.775. The molecule has 0 aliphatic rings. The molecule has 0 bridgehead atoms. The molecule has 1 rings (SSSR count). The molecule has 2 N–H and O–H groups in total. The van der Waals surface area contributed by atoms with Crippen LogP contribution in [0.2, 0.25) is 0 Å². The topological polar surface area (TPSA) is 49.3 Å². The molecule has 0 spiro atoms. The molecule has 0 aromatic heterocycles. The zero-order valence-electron chi connectivity index (χ0n) is 12.6. The molecule has 0 heterocycles. The van der Waals surface area contributed by atoms with Crippen LogP contribution >= 0.6 is 11.8 Å². The summed E-state index contributed by atoms with van der Waals surface area (Å²) in [6.45, 7) is 6.98. The fourth-order valence-corrected chi connectivity index (χ4v) is 2.97. The summed E-state index contributed by atoms with van der Waals surface area (Å²) >= 11 is 1.70. The fraction of sp³-hybridized carbons (Fsp3) is 0.562. The van der Waals surface area contributed by atoms with Gasteiger partial charge in [0.2, 0.25) is 5.91 Å². The summed E-state index contributed by atoms with van der Waals surface area (Å²) in [5.74, 6) is 1.45. The first-order valence-corrected chi connectivity index (χ1v) is 8.21. The van der Waals surface area contributed by atoms with Crippen LogP contribution in [0.15, 0.2) is 24.3 Å². The number of hydrogen-bond acceptors (Lipinski definition) is 3. The maximum absolute atomic E-state index is 12.1. The van der Waals surface area contributed by atoms with Gasteiger partial charge in [-0.3, -0.25) is 4.79 Å². The van der Waals surface area contributed by atoms with E-state index in [0.717, 1.165) is 17.7 Å². The van der Waals surface area contributed by atoms with Gasteiger partial charge in [0.25, 0.3) is 0 Å². The lowest BCUT2D eigenvalue weighted by Crippen LogP contribution is -2.37. The molecule has 0 saturated heterocycles. The Balaban J connectivity index is 2.40. The highest BCUT2D eigenvalue weighted by Crippen LogP contribution is 2.19. The van der Waals surface area contributed by atoms with E-state index in [-0.39, 0.29) is 17.8 Å². The summed E-state index contributed by atoms with van der Waals surface area (Å²) in [4.78, 5) is 12.1. The van der Waals surface area contributed by atoms with Crippen LogP contribution in [-0.4, -0.2) is 28.6 Å². The fourth-order valence-electron chi connectivity index (χ4n) is 1.99. The van der Waals surface area contributed by atoms with Gasteiger partial charge in [-0.1, -0.05) is 45.0 Å². The van der Waals surface area contributed by atoms with E-state index >= 15 is 0 Å². The highest BCUT2D eigenvalue weighted by molar-refractivity contribution is 8.00. The molecular weight excluding hydrogens is 270 g/mol. The Labute approximate surface area is 126 Å². The number of thioether (sulfide) groups is 1. The number of hydrogen-bond donors (Lipinski definition) is 2. The van der Waals surface area contributed by atoms with E-state index in [2.05, 4.69) is 26.1 Å². The van der Waals surface area contributed by atoms with Crippen molar-refractivity contribution in [2.75, 3.05) is 12.3 Å². The maximum atomic E-state index is 12.1. The molecule has 3 nitrogen and oxygen atoms in total. The number of aliphatic hydroxyl groups is 1. The molecule has 1 aromatic carbocycles. The van der Waals surface area contributed by atoms with Crippen LogP contribution in [0, 0.1) is 5.92 Å². The van der Waals surface area contributed by atoms with Crippen molar-refractivity contribution >= 4 is 17.7 Å². The largest absolute Gasteiger partial charge is 0.392 e. The van der Waals surface area contributed by atoms with Crippen LogP contribution in [0.3, 0.4) is 0 Å². The summed E-state index contributed by atoms with van der Waals surface area (Å²) in [5, 5.41) is 12.0. The molecule has 1 amide bonds. The van der Waals surface area contributed by atoms with Gasteiger partial charge in [-0.05, 0) is 29.2 Å². The Morgan fingerprint density at radius 2 is 1.85 bits per heavy atom. The number of benzene rings is 1. The predicted octanol–water partition coefficient (Wildman–Crippen LogP) is 2.62. The van der Waals surface area contributed by atoms with Crippen molar-refractivity contribution in [2.45, 2.75) is 39.0 Å². The summed E-state index contributed by atoms with van der Waals surface area (Å²) in [6, 6.07) is 7.83. The van der Waals surface area contributed by atoms with E-state index in [1.807, 2.05) is 24.3 Å². The van der Waals surface area contributed by atoms with Crippen LogP contribution < -0.4 is 5.32 Å². The third-order valence-corrected chi connectivity index (χ3v) is 4.58. The Hall–Kier alpha value is -1.00. The molecule has 1 atom stereocenters. The maximum Gasteiger partial charge on any atom is 0.233 e. The van der Waals surface area contributed by atoms with Crippen LogP contribution in [0.25, 0.3) is 0 Å². The molecule has 1 aromatic rings. The SMILES string of the molecule is CCSC(C(=O)NCCc1ccc(CO)cc1)C(C)C. The lowest BCUT2D eigenvalue weighted by Gasteiger charge is -2.19. The van der Waals surface area contributed by atoms with Gasteiger partial charge in [0.05, 0.1) is 11.9 Å². The van der Waals surface area contributed by atoms with Gasteiger partial charge in [-0.25, -0.2) is 0 Å². The number of carbonyl (C=O) groups is 1. The summed E-state index contributed by atoms with van der Waals surface area (Å²) in [7, 11) is 0. The van der Waals surface area contributed by atoms with E-state index in [1.54, 1.807) is 11.8 Å². The first-order valence-electron chi connectivity index (χ1n) is 7.16. The number of nitrogens with one attached hydrogen (secondary N) is 1. The van der Waals surface area contributed by atoms with Crippen LogP contribution in [0.4, 0.5) is 0 Å². The van der Waals surface area contributed by atoms with Crippen molar-refractivity contribution in [3.8, 4) is 0 Å². The highest BCUT2D eigenvalue weighted by atomic mass is 32.2. The molecule has 4 heteroatoms. The standard InChI is InChI=1S/C16H25NO2S/c1-4-20-15(12(2)3)16(19)17-10-9-13-5-7-14(11-18)8-6-13/h5-8,12,15,18H,4,9-11H2,1-3H3,(H,17,19). The van der Waals surface area contributed by atoms with E-state index in [9.17, 15) is 4.79 Å². The van der Waals surface area contributed by atoms with E-state index in [1.165, 1.54) is 5.56 Å². The average molecular weight is 295 g/mol. The van der Waals surface area contributed by atoms with Crippen LogP contribution in [0.5, 0.6) is 0 Å². The van der Waals surface area contributed by atoms with Gasteiger partial charge in [0.15, 0.2) is 0 Å². The second-order valence-electron chi connectivity index (χ2n) is 5.14. The van der Waals surface area contributed by atoms with Crippen molar-refractivity contribution in [2.24, 2.45) is 5.92 Å². The normalized spacial score (nSPS) is 12.4. The zero-order chi connectivity index (χ0) is 15.0. The van der Waals surface area contributed by atoms with Crippen molar-refractivity contribution in [3.05, 3.63) is 35.4 Å². The Morgan fingerprint density at radius 3 is 2.35 bits per heavy atom. The molecule has 0 fully saturated rings. The lowest BCUT2D eigenvalue weighted by molar-refractivity contribution is -0.121. The minimum absolute atomic E-state index is 0.0387. The molecule has 20 heavy (non-hydrogen) atoms. The molecule has 0 aliphatic carbocycles. The van der Waals surface area contributed by atoms with Gasteiger partial charge >= 0.3 is 0 Å². The first-order chi connectivity index (χ1) is 9.58. The van der Waals surface area contributed by atoms with Crippen molar-refractivity contribution in [1.82, 2.24) is 5.32 Å². The van der Waals surface area contributed by atoms with Crippen LogP contribution in [0.1, 0.15) is 31.9 Å². The Kier molecular flexibility index (Phi) is 7.70. The molecule has 0 radical (unpaired) electrons. The number of aliphatic hydroxyl groups excluding tert-OH is 1. The summed E-state index contributed by atoms with van der Waals surface area (Å²) in [6.07, 6.45) is 0.819. The monoisotopic (exact) mass is 295 g/mol. The first kappa shape index (κ1) is 17.1. The third-order valence-electron chi connectivity index (χ3n) is 3.13. The van der Waals surface area contributed by atoms with Crippen molar-refractivity contribution in [1.29, 1.82) is 0 Å². The molecule has 0 aliphatic heterocycles. The summed E-state index contributed by atoms with van der Waals surface area (Å²) < 4.78 is 0. The van der Waals surface area contributed by atoms with Gasteiger partial charge < -0.3 is 10.4 Å². The predicted molar refractivity (Wildman–Crippen MR) is 85.8 cm³/mol. The van der Waals surface area contributed by atoms with E-state index in [4.69, 9.17) is 5.11 Å². The zero-order valence-corrected chi connectivity index (χ0v) is 13.4. The second kappa shape index (κ2) is 9.03. The van der Waals surface area contributed by atoms with Gasteiger partial charge in [-0.2, -0.15) is 0 Å². The van der Waals surface area contributed by atoms with Crippen molar-refractivity contribution < 1.29 is 9.90 Å². The van der Waals surface area contributed by atoms with Crippen LogP contribution in [-0.2, 0) is 17.8 Å². The number of carbonyl (C=O) groups excluding carboxylic acids is 1. The Bertz CT molecular complexity index is 403. The molecule has 0 saturated carbocycles. The second-order valence-corrected chi connectivity index (χ2v) is 6.55. The molecule has 1 unspecified atom stereocenters. The minimum Gasteiger partial charge on any atom is -0.392 e.